The van der Waals surface area contributed by atoms with Crippen LogP contribution in [-0.4, -0.2) is 48.8 Å². The first kappa shape index (κ1) is 23.1. The molecule has 1 aromatic rings. The Morgan fingerprint density at radius 2 is 1.91 bits per heavy atom. The van der Waals surface area contributed by atoms with Crippen LogP contribution in [0.25, 0.3) is 0 Å². The second-order valence-electron chi connectivity index (χ2n) is 9.62. The normalized spacial score (nSPS) is 37.5. The molecule has 2 aliphatic carbocycles. The van der Waals surface area contributed by atoms with Crippen molar-refractivity contribution in [3.05, 3.63) is 47.2 Å². The molecule has 1 saturated carbocycles. The Morgan fingerprint density at radius 1 is 1.14 bits per heavy atom. The summed E-state index contributed by atoms with van der Waals surface area (Å²) in [5.41, 5.74) is 1.90. The van der Waals surface area contributed by atoms with E-state index in [-0.39, 0.29) is 30.0 Å². The molecular formula is C24H19BrCl2N2O6. The van der Waals surface area contributed by atoms with Gasteiger partial charge >= 0.3 is 0 Å². The number of phenols is 1. The number of allylic oxidation sites excluding steroid dienone is 3. The minimum absolute atomic E-state index is 0.0537. The maximum atomic E-state index is 13.7. The van der Waals surface area contributed by atoms with Gasteiger partial charge in [0.05, 0.1) is 23.6 Å². The Hall–Kier alpha value is -2.36. The van der Waals surface area contributed by atoms with Crippen molar-refractivity contribution in [2.24, 2.45) is 23.7 Å². The zero-order chi connectivity index (χ0) is 24.9. The van der Waals surface area contributed by atoms with Gasteiger partial charge in [-0.25, -0.2) is 0 Å². The summed E-state index contributed by atoms with van der Waals surface area (Å²) in [5, 5.41) is 12.4. The smallest absolute Gasteiger partial charge is 0.254 e. The van der Waals surface area contributed by atoms with Crippen molar-refractivity contribution in [3.8, 4) is 11.5 Å². The van der Waals surface area contributed by atoms with Gasteiger partial charge in [-0.2, -0.15) is 0 Å². The van der Waals surface area contributed by atoms with E-state index in [0.29, 0.717) is 28.9 Å². The van der Waals surface area contributed by atoms with Gasteiger partial charge in [-0.05, 0) is 42.5 Å². The van der Waals surface area contributed by atoms with Gasteiger partial charge in [-0.1, -0.05) is 27.6 Å². The maximum Gasteiger partial charge on any atom is 0.254 e. The Morgan fingerprint density at radius 3 is 2.66 bits per heavy atom. The minimum Gasteiger partial charge on any atom is -0.508 e. The van der Waals surface area contributed by atoms with Crippen molar-refractivity contribution in [2.75, 3.05) is 5.45 Å². The van der Waals surface area contributed by atoms with E-state index in [1.54, 1.807) is 12.1 Å². The SMILES string of the molecule is O=C1NC(=O)[C@H]2CC=C3[C@H](C4=COc5ccc(O)cc5C4)[C@]4(Cl)C(=O)N(CBr)C(=O)[C@]4(Cl)C[C@H]3[C@@H]12. The molecule has 1 aromatic carbocycles. The highest BCUT2D eigenvalue weighted by Gasteiger charge is 2.76. The van der Waals surface area contributed by atoms with Gasteiger partial charge in [0.1, 0.15) is 11.5 Å². The van der Waals surface area contributed by atoms with E-state index in [4.69, 9.17) is 27.9 Å². The predicted molar refractivity (Wildman–Crippen MR) is 128 cm³/mol. The lowest BCUT2D eigenvalue weighted by Gasteiger charge is -2.51. The van der Waals surface area contributed by atoms with Gasteiger partial charge in [-0.15, -0.1) is 23.2 Å². The zero-order valence-corrected chi connectivity index (χ0v) is 21.2. The zero-order valence-electron chi connectivity index (χ0n) is 18.1. The van der Waals surface area contributed by atoms with Crippen LogP contribution in [0, 0.1) is 23.7 Å². The van der Waals surface area contributed by atoms with Crippen LogP contribution in [0.15, 0.2) is 41.7 Å². The fraction of sp³-hybridized carbons (Fsp3) is 0.417. The molecule has 182 valence electrons. The highest BCUT2D eigenvalue weighted by molar-refractivity contribution is 9.09. The quantitative estimate of drug-likeness (QED) is 0.240. The summed E-state index contributed by atoms with van der Waals surface area (Å²) in [6.45, 7) is 0. The van der Waals surface area contributed by atoms with Gasteiger partial charge in [-0.3, -0.25) is 29.4 Å². The van der Waals surface area contributed by atoms with Crippen LogP contribution in [0.3, 0.4) is 0 Å². The number of fused-ring (bicyclic) bond motifs is 5. The number of phenolic OH excluding ortho intramolecular Hbond substituents is 1. The van der Waals surface area contributed by atoms with E-state index < -0.39 is 51.1 Å². The fourth-order valence-corrected chi connectivity index (χ4v) is 7.91. The van der Waals surface area contributed by atoms with Crippen molar-refractivity contribution in [1.29, 1.82) is 0 Å². The maximum absolute atomic E-state index is 13.7. The molecule has 3 fully saturated rings. The van der Waals surface area contributed by atoms with Crippen LogP contribution in [0.2, 0.25) is 0 Å². The third-order valence-corrected chi connectivity index (χ3v) is 9.92. The standard InChI is InChI=1S/C24H19BrCl2N2O6/c25-9-29-21(33)23(26)7-15-13(2-3-14-17(15)20(32)28-19(14)31)18(24(23,27)22(29)34)11-5-10-6-12(30)1-4-16(10)35-8-11/h1-2,4,6,8,14-15,17-18,30H,3,5,7,9H2,(H,28,31,32)/t14-,15+,17-,18-,23+,24-/m0/s1. The molecule has 0 bridgehead atoms. The number of halogens is 3. The molecule has 2 saturated heterocycles. The monoisotopic (exact) mass is 580 g/mol. The predicted octanol–water partition coefficient (Wildman–Crippen LogP) is 2.74. The third-order valence-electron chi connectivity index (χ3n) is 8.00. The number of aromatic hydroxyl groups is 1. The number of hydrogen-bond donors (Lipinski definition) is 2. The summed E-state index contributed by atoms with van der Waals surface area (Å²) in [5.74, 6) is -4.10. The van der Waals surface area contributed by atoms with Gasteiger partial charge in [0.2, 0.25) is 11.8 Å². The van der Waals surface area contributed by atoms with Crippen molar-refractivity contribution in [1.82, 2.24) is 10.2 Å². The number of imide groups is 2. The molecule has 0 spiro atoms. The number of nitrogens with zero attached hydrogens (tertiary/aromatic N) is 1. The number of alkyl halides is 3. The van der Waals surface area contributed by atoms with E-state index in [2.05, 4.69) is 21.2 Å². The molecule has 5 aliphatic rings. The fourth-order valence-electron chi connectivity index (χ4n) is 6.47. The summed E-state index contributed by atoms with van der Waals surface area (Å²) >= 11 is 17.4. The molecule has 3 heterocycles. The van der Waals surface area contributed by atoms with E-state index >= 15 is 0 Å². The number of ether oxygens (including phenoxy) is 1. The summed E-state index contributed by atoms with van der Waals surface area (Å²) in [7, 11) is 0. The molecule has 35 heavy (non-hydrogen) atoms. The number of nitrogens with one attached hydrogen (secondary N) is 1. The molecule has 11 heteroatoms. The van der Waals surface area contributed by atoms with Crippen molar-refractivity contribution in [2.45, 2.75) is 29.0 Å². The lowest BCUT2D eigenvalue weighted by Crippen LogP contribution is -2.61. The summed E-state index contributed by atoms with van der Waals surface area (Å²) in [6, 6.07) is 4.71. The van der Waals surface area contributed by atoms with Crippen LogP contribution in [0.5, 0.6) is 11.5 Å². The number of likely N-dealkylation sites (tertiary alicyclic amines) is 1. The molecule has 4 amide bonds. The van der Waals surface area contributed by atoms with Crippen molar-refractivity contribution in [3.63, 3.8) is 0 Å². The van der Waals surface area contributed by atoms with E-state index in [1.165, 1.54) is 12.3 Å². The molecule has 3 aliphatic heterocycles. The number of carbonyl (C=O) groups excluding carboxylic acids is 4. The van der Waals surface area contributed by atoms with Crippen LogP contribution in [0.1, 0.15) is 18.4 Å². The topological polar surface area (TPSA) is 113 Å². The average Bonchev–Trinajstić information content (AvgIpc) is 3.19. The van der Waals surface area contributed by atoms with Gasteiger partial charge in [0.15, 0.2) is 9.75 Å². The van der Waals surface area contributed by atoms with E-state index in [1.807, 2.05) is 6.08 Å². The second kappa shape index (κ2) is 7.57. The first-order valence-electron chi connectivity index (χ1n) is 11.1. The summed E-state index contributed by atoms with van der Waals surface area (Å²) in [4.78, 5) is 49.7. The average molecular weight is 582 g/mol. The number of amides is 4. The molecule has 0 radical (unpaired) electrons. The lowest BCUT2D eigenvalue weighted by atomic mass is 9.56. The second-order valence-corrected chi connectivity index (χ2v) is 11.4. The van der Waals surface area contributed by atoms with Gasteiger partial charge < -0.3 is 9.84 Å². The van der Waals surface area contributed by atoms with Crippen LogP contribution >= 0.6 is 39.1 Å². The van der Waals surface area contributed by atoms with Crippen molar-refractivity contribution < 1.29 is 29.0 Å². The first-order valence-corrected chi connectivity index (χ1v) is 13.0. The highest BCUT2D eigenvalue weighted by atomic mass is 79.9. The highest BCUT2D eigenvalue weighted by Crippen LogP contribution is 2.64. The number of hydrogen-bond acceptors (Lipinski definition) is 6. The minimum atomic E-state index is -1.86. The van der Waals surface area contributed by atoms with Crippen LogP contribution in [-0.2, 0) is 25.6 Å². The summed E-state index contributed by atoms with van der Waals surface area (Å²) in [6.07, 6.45) is 3.91. The third kappa shape index (κ3) is 2.86. The van der Waals surface area contributed by atoms with Crippen molar-refractivity contribution >= 4 is 62.8 Å². The number of benzene rings is 1. The Bertz CT molecular complexity index is 1300. The van der Waals surface area contributed by atoms with Gasteiger partial charge in [0.25, 0.3) is 11.8 Å². The van der Waals surface area contributed by atoms with E-state index in [0.717, 1.165) is 4.90 Å². The molecule has 6 atom stereocenters. The van der Waals surface area contributed by atoms with Crippen LogP contribution < -0.4 is 10.1 Å². The number of rotatable bonds is 2. The van der Waals surface area contributed by atoms with Crippen LogP contribution in [0.4, 0.5) is 0 Å². The van der Waals surface area contributed by atoms with Gasteiger partial charge in [0, 0.05) is 17.9 Å². The molecule has 0 aromatic heterocycles. The molecular weight excluding hydrogens is 563 g/mol. The summed E-state index contributed by atoms with van der Waals surface area (Å²) < 4.78 is 5.84. The Kier molecular flexibility index (Phi) is 4.99. The van der Waals surface area contributed by atoms with E-state index in [9.17, 15) is 24.3 Å². The number of carbonyl (C=O) groups is 4. The molecule has 6 rings (SSSR count). The molecule has 8 nitrogen and oxygen atoms in total. The largest absolute Gasteiger partial charge is 0.508 e. The first-order chi connectivity index (χ1) is 16.6. The Balaban J connectivity index is 1.54. The Labute approximate surface area is 218 Å². The molecule has 2 N–H and O–H groups in total. The lowest BCUT2D eigenvalue weighted by molar-refractivity contribution is -0.138. The molecule has 0 unspecified atom stereocenters.